The van der Waals surface area contributed by atoms with Crippen LogP contribution < -0.4 is 22.3 Å². The van der Waals surface area contributed by atoms with Gasteiger partial charge in [0.15, 0.2) is 11.2 Å². The predicted molar refractivity (Wildman–Crippen MR) is 163 cm³/mol. The first-order valence-corrected chi connectivity index (χ1v) is 16.5. The highest BCUT2D eigenvalue weighted by molar-refractivity contribution is 8.07. The minimum Gasteiger partial charge on any atom is -0.394 e. The van der Waals surface area contributed by atoms with E-state index in [2.05, 4.69) is 25.3 Å². The number of hydrogen-bond donors (Lipinski definition) is 6. The monoisotopic (exact) mass is 676 g/mol. The third kappa shape index (κ3) is 6.77. The molecule has 7 atom stereocenters. The topological polar surface area (TPSA) is 251 Å². The molecule has 4 aromatic rings. The van der Waals surface area contributed by atoms with E-state index in [4.69, 9.17) is 36.1 Å². The molecule has 3 aromatic heterocycles. The molecular weight excluding hydrogens is 647 g/mol. The van der Waals surface area contributed by atoms with Crippen LogP contribution in [0.4, 0.5) is 11.8 Å². The van der Waals surface area contributed by atoms with Crippen molar-refractivity contribution >= 4 is 47.4 Å². The first-order chi connectivity index (χ1) is 22.0. The van der Waals surface area contributed by atoms with Crippen LogP contribution >= 0.6 is 6.72 Å². The van der Waals surface area contributed by atoms with E-state index in [1.807, 2.05) is 0 Å². The van der Waals surface area contributed by atoms with E-state index < -0.39 is 67.4 Å². The maximum absolute atomic E-state index is 12.8. The number of benzene rings is 1. The van der Waals surface area contributed by atoms with Crippen molar-refractivity contribution in [2.75, 3.05) is 24.3 Å². The number of aromatic amines is 1. The number of hydrogen-bond acceptors (Lipinski definition) is 14. The van der Waals surface area contributed by atoms with Gasteiger partial charge >= 0.3 is 12.4 Å². The van der Waals surface area contributed by atoms with Gasteiger partial charge in [-0.25, -0.2) is 9.78 Å². The van der Waals surface area contributed by atoms with Crippen LogP contribution in [-0.4, -0.2) is 87.7 Å². The van der Waals surface area contributed by atoms with Gasteiger partial charge in [-0.3, -0.25) is 23.7 Å². The summed E-state index contributed by atoms with van der Waals surface area (Å²) in [6, 6.07) is 9.83. The first-order valence-electron chi connectivity index (χ1n) is 13.9. The number of carbonyl (C=O) groups is 1. The molecule has 20 heteroatoms. The number of fused-ring (bicyclic) bond motifs is 1. The number of aliphatic hydroxyl groups excluding tert-OH is 2. The summed E-state index contributed by atoms with van der Waals surface area (Å²) >= 11 is 5.18. The van der Waals surface area contributed by atoms with Gasteiger partial charge in [0.25, 0.3) is 11.5 Å². The highest BCUT2D eigenvalue weighted by atomic mass is 32.5. The Kier molecular flexibility index (Phi) is 9.10. The Bertz CT molecular complexity index is 1900. The number of amides is 1. The zero-order valence-corrected chi connectivity index (χ0v) is 25.5. The van der Waals surface area contributed by atoms with Crippen molar-refractivity contribution in [1.29, 1.82) is 0 Å². The molecule has 2 aliphatic rings. The summed E-state index contributed by atoms with van der Waals surface area (Å²) in [4.78, 5) is 62.5. The number of H-pyrrole nitrogens is 1. The second kappa shape index (κ2) is 13.1. The lowest BCUT2D eigenvalue weighted by atomic mass is 10.2. The lowest BCUT2D eigenvalue weighted by molar-refractivity contribution is -0.0519. The Morgan fingerprint density at radius 1 is 1.13 bits per heavy atom. The molecule has 6 rings (SSSR count). The fourth-order valence-corrected chi connectivity index (χ4v) is 6.66. The summed E-state index contributed by atoms with van der Waals surface area (Å²) in [6.45, 7) is -4.85. The van der Waals surface area contributed by atoms with E-state index in [1.165, 1.54) is 23.2 Å². The summed E-state index contributed by atoms with van der Waals surface area (Å²) in [5, 5.41) is 23.1. The van der Waals surface area contributed by atoms with Gasteiger partial charge in [-0.05, 0) is 30.0 Å². The number of rotatable bonds is 10. The van der Waals surface area contributed by atoms with Crippen molar-refractivity contribution in [3.05, 3.63) is 75.3 Å². The zero-order valence-electron chi connectivity index (χ0n) is 23.8. The summed E-state index contributed by atoms with van der Waals surface area (Å²) in [6.07, 6.45) is -2.82. The fourth-order valence-electron chi connectivity index (χ4n) is 5.18. The smallest absolute Gasteiger partial charge is 0.351 e. The molecule has 2 aliphatic heterocycles. The van der Waals surface area contributed by atoms with E-state index in [1.54, 1.807) is 30.3 Å². The zero-order chi connectivity index (χ0) is 32.6. The van der Waals surface area contributed by atoms with Gasteiger partial charge in [-0.1, -0.05) is 18.2 Å². The summed E-state index contributed by atoms with van der Waals surface area (Å²) in [7, 11) is 0. The second-order valence-electron chi connectivity index (χ2n) is 10.5. The SMILES string of the molecule is Nc1nc2c(ncn2[C@H]2C[C@H](O)[C@@H](COP(O)(=S)O[C@H]3C[C@H](n4ccc(NC(=O)c5ccccc5)nc4=O)O[C@@H]3CO)O2)c(=O)[nH]1. The van der Waals surface area contributed by atoms with E-state index in [-0.39, 0.29) is 42.4 Å². The van der Waals surface area contributed by atoms with Crippen molar-refractivity contribution < 1.29 is 38.4 Å². The summed E-state index contributed by atoms with van der Waals surface area (Å²) in [5.74, 6) is -0.516. The van der Waals surface area contributed by atoms with Crippen LogP contribution in [0.3, 0.4) is 0 Å². The molecule has 2 saturated heterocycles. The average molecular weight is 677 g/mol. The van der Waals surface area contributed by atoms with Crippen LogP contribution in [0.2, 0.25) is 0 Å². The largest absolute Gasteiger partial charge is 0.394 e. The van der Waals surface area contributed by atoms with E-state index in [0.717, 1.165) is 4.57 Å². The molecule has 1 unspecified atom stereocenters. The van der Waals surface area contributed by atoms with Gasteiger partial charge in [-0.15, -0.1) is 0 Å². The van der Waals surface area contributed by atoms with Gasteiger partial charge in [0.2, 0.25) is 5.95 Å². The second-order valence-corrected chi connectivity index (χ2v) is 13.3. The highest BCUT2D eigenvalue weighted by Crippen LogP contribution is 2.49. The number of nitrogens with zero attached hydrogens (tertiary/aromatic N) is 5. The van der Waals surface area contributed by atoms with E-state index >= 15 is 0 Å². The van der Waals surface area contributed by atoms with E-state index in [9.17, 15) is 29.5 Å². The Hall–Kier alpha value is -3.91. The fraction of sp³-hybridized carbons (Fsp3) is 0.385. The van der Waals surface area contributed by atoms with Gasteiger partial charge < -0.3 is 44.7 Å². The van der Waals surface area contributed by atoms with Crippen LogP contribution in [-0.2, 0) is 30.3 Å². The summed E-state index contributed by atoms with van der Waals surface area (Å²) < 4.78 is 25.4. The molecule has 46 heavy (non-hydrogen) atoms. The van der Waals surface area contributed by atoms with Crippen LogP contribution in [0.15, 0.2) is 58.5 Å². The summed E-state index contributed by atoms with van der Waals surface area (Å²) in [5.41, 5.74) is 5.00. The van der Waals surface area contributed by atoms with Crippen LogP contribution in [0.1, 0.15) is 35.7 Å². The number of aromatic nitrogens is 6. The Labute approximate surface area is 264 Å². The normalized spacial score (nSPS) is 25.9. The van der Waals surface area contributed by atoms with Crippen molar-refractivity contribution in [3.63, 3.8) is 0 Å². The molecule has 0 aliphatic carbocycles. The number of nitrogens with two attached hydrogens (primary N) is 1. The molecule has 5 heterocycles. The van der Waals surface area contributed by atoms with Crippen molar-refractivity contribution in [2.45, 2.75) is 49.7 Å². The number of ether oxygens (including phenoxy) is 2. The van der Waals surface area contributed by atoms with Crippen LogP contribution in [0, 0.1) is 0 Å². The first kappa shape index (κ1) is 32.0. The minimum absolute atomic E-state index is 0.00155. The van der Waals surface area contributed by atoms with Gasteiger partial charge in [0.05, 0.1) is 31.7 Å². The van der Waals surface area contributed by atoms with E-state index in [0.29, 0.717) is 5.56 Å². The molecule has 2 fully saturated rings. The Morgan fingerprint density at radius 3 is 2.61 bits per heavy atom. The Morgan fingerprint density at radius 2 is 1.87 bits per heavy atom. The van der Waals surface area contributed by atoms with Crippen molar-refractivity contribution in [1.82, 2.24) is 29.1 Å². The lowest BCUT2D eigenvalue weighted by Crippen LogP contribution is -2.29. The number of carbonyl (C=O) groups excluding carboxylic acids is 1. The number of nitrogen functional groups attached to an aromatic ring is 1. The quantitative estimate of drug-likeness (QED) is 0.119. The maximum Gasteiger partial charge on any atom is 0.351 e. The number of aliphatic hydroxyl groups is 2. The van der Waals surface area contributed by atoms with Crippen molar-refractivity contribution in [2.24, 2.45) is 0 Å². The standard InChI is InChI=1S/C26H29N8O10PS/c27-25-31-22-21(24(38)32-25)28-12-34(22)19-8-14(36)17(43-19)11-41-45(40,46)44-15-9-20(42-16(15)10-35)33-7-6-18(30-26(33)39)29-23(37)13-4-2-1-3-5-13/h1-7,12,14-17,19-20,35-36H,8-11H2,(H,40,46)(H3,27,31,32,38)(H,29,30,37,39)/t14-,15-,16+,17+,19+,20+,45?/m0/s1. The molecular formula is C26H29N8O10PS. The third-order valence-corrected chi connectivity index (χ3v) is 9.00. The Balaban J connectivity index is 1.06. The van der Waals surface area contributed by atoms with Crippen molar-refractivity contribution in [3.8, 4) is 0 Å². The molecule has 1 amide bonds. The molecule has 7 N–H and O–H groups in total. The molecule has 0 spiro atoms. The van der Waals surface area contributed by atoms with Gasteiger partial charge in [-0.2, -0.15) is 9.97 Å². The molecule has 0 radical (unpaired) electrons. The highest BCUT2D eigenvalue weighted by Gasteiger charge is 2.42. The van der Waals surface area contributed by atoms with Crippen LogP contribution in [0.25, 0.3) is 11.2 Å². The number of anilines is 2. The van der Waals surface area contributed by atoms with Crippen LogP contribution in [0.5, 0.6) is 0 Å². The molecule has 0 saturated carbocycles. The molecule has 0 bridgehead atoms. The maximum atomic E-state index is 12.8. The third-order valence-electron chi connectivity index (χ3n) is 7.41. The van der Waals surface area contributed by atoms with Gasteiger partial charge in [0.1, 0.15) is 30.5 Å². The molecule has 244 valence electrons. The molecule has 18 nitrogen and oxygen atoms in total. The van der Waals surface area contributed by atoms with Gasteiger partial charge in [0, 0.05) is 24.6 Å². The lowest BCUT2D eigenvalue weighted by Gasteiger charge is -2.24. The number of imidazole rings is 1. The minimum atomic E-state index is -3.98. The predicted octanol–water partition coefficient (Wildman–Crippen LogP) is -0.242. The molecule has 1 aromatic carbocycles. The number of nitrogens with one attached hydrogen (secondary N) is 2. The average Bonchev–Trinajstić information content (AvgIpc) is 3.73.